The SMILES string of the molecule is COc1cc(C2(N)CCCC2)c(F)c(Br)c1OC. The Balaban J connectivity index is 2.58. The van der Waals surface area contributed by atoms with Gasteiger partial charge in [-0.2, -0.15) is 0 Å². The van der Waals surface area contributed by atoms with Gasteiger partial charge in [-0.3, -0.25) is 0 Å². The molecule has 0 amide bonds. The van der Waals surface area contributed by atoms with Gasteiger partial charge in [0.25, 0.3) is 0 Å². The summed E-state index contributed by atoms with van der Waals surface area (Å²) < 4.78 is 25.1. The van der Waals surface area contributed by atoms with Gasteiger partial charge in [-0.1, -0.05) is 12.8 Å². The molecule has 5 heteroatoms. The van der Waals surface area contributed by atoms with Crippen LogP contribution in [0.25, 0.3) is 0 Å². The average Bonchev–Trinajstić information content (AvgIpc) is 2.80. The van der Waals surface area contributed by atoms with Crippen LogP contribution in [0.3, 0.4) is 0 Å². The van der Waals surface area contributed by atoms with Gasteiger partial charge in [-0.05, 0) is 34.8 Å². The lowest BCUT2D eigenvalue weighted by molar-refractivity contribution is 0.344. The van der Waals surface area contributed by atoms with Gasteiger partial charge in [0.15, 0.2) is 11.5 Å². The van der Waals surface area contributed by atoms with Crippen molar-refractivity contribution in [2.24, 2.45) is 5.73 Å². The molecule has 0 bridgehead atoms. The second-order valence-corrected chi connectivity index (χ2v) is 5.44. The Morgan fingerprint density at radius 2 is 1.89 bits per heavy atom. The third-order valence-corrected chi connectivity index (χ3v) is 4.29. The highest BCUT2D eigenvalue weighted by molar-refractivity contribution is 9.10. The molecule has 0 spiro atoms. The van der Waals surface area contributed by atoms with E-state index in [9.17, 15) is 4.39 Å². The molecule has 0 aromatic heterocycles. The highest BCUT2D eigenvalue weighted by Crippen LogP contribution is 2.45. The highest BCUT2D eigenvalue weighted by atomic mass is 79.9. The number of hydrogen-bond acceptors (Lipinski definition) is 3. The summed E-state index contributed by atoms with van der Waals surface area (Å²) in [7, 11) is 3.01. The summed E-state index contributed by atoms with van der Waals surface area (Å²) in [6.45, 7) is 0. The van der Waals surface area contributed by atoms with Gasteiger partial charge < -0.3 is 15.2 Å². The molecule has 1 fully saturated rings. The maximum Gasteiger partial charge on any atom is 0.177 e. The van der Waals surface area contributed by atoms with E-state index in [2.05, 4.69) is 15.9 Å². The van der Waals surface area contributed by atoms with Crippen LogP contribution < -0.4 is 15.2 Å². The molecule has 1 aromatic carbocycles. The van der Waals surface area contributed by atoms with E-state index < -0.39 is 5.54 Å². The fourth-order valence-electron chi connectivity index (χ4n) is 2.57. The molecule has 2 N–H and O–H groups in total. The van der Waals surface area contributed by atoms with Crippen molar-refractivity contribution in [3.8, 4) is 11.5 Å². The monoisotopic (exact) mass is 317 g/mol. The van der Waals surface area contributed by atoms with Crippen LogP contribution in [0.2, 0.25) is 0 Å². The van der Waals surface area contributed by atoms with Crippen molar-refractivity contribution in [3.63, 3.8) is 0 Å². The lowest BCUT2D eigenvalue weighted by Crippen LogP contribution is -2.34. The Hall–Kier alpha value is -0.810. The van der Waals surface area contributed by atoms with Crippen LogP contribution in [0.4, 0.5) is 4.39 Å². The molecule has 18 heavy (non-hydrogen) atoms. The van der Waals surface area contributed by atoms with Crippen LogP contribution in [0.15, 0.2) is 10.5 Å². The molecule has 2 rings (SSSR count). The van der Waals surface area contributed by atoms with Crippen molar-refractivity contribution in [1.82, 2.24) is 0 Å². The fraction of sp³-hybridized carbons (Fsp3) is 0.538. The van der Waals surface area contributed by atoms with Gasteiger partial charge in [0.05, 0.1) is 18.7 Å². The first kappa shape index (κ1) is 13.6. The summed E-state index contributed by atoms with van der Waals surface area (Å²) in [6, 6.07) is 1.66. The van der Waals surface area contributed by atoms with Crippen LogP contribution >= 0.6 is 15.9 Å². The Morgan fingerprint density at radius 3 is 2.39 bits per heavy atom. The quantitative estimate of drug-likeness (QED) is 0.930. The van der Waals surface area contributed by atoms with Gasteiger partial charge >= 0.3 is 0 Å². The Labute approximate surface area is 115 Å². The maximum atomic E-state index is 14.4. The lowest BCUT2D eigenvalue weighted by atomic mass is 9.88. The number of nitrogens with two attached hydrogens (primary N) is 1. The zero-order chi connectivity index (χ0) is 13.3. The average molecular weight is 318 g/mol. The molecule has 1 aliphatic carbocycles. The first-order valence-corrected chi connectivity index (χ1v) is 6.72. The van der Waals surface area contributed by atoms with E-state index in [0.29, 0.717) is 17.1 Å². The molecule has 0 saturated heterocycles. The van der Waals surface area contributed by atoms with E-state index in [1.165, 1.54) is 14.2 Å². The second kappa shape index (κ2) is 5.05. The number of ether oxygens (including phenoxy) is 2. The van der Waals surface area contributed by atoms with Gasteiger partial charge in [0, 0.05) is 11.1 Å². The Kier molecular flexibility index (Phi) is 3.82. The van der Waals surface area contributed by atoms with Crippen molar-refractivity contribution in [2.45, 2.75) is 31.2 Å². The summed E-state index contributed by atoms with van der Waals surface area (Å²) in [5.74, 6) is 0.509. The van der Waals surface area contributed by atoms with Crippen molar-refractivity contribution in [2.75, 3.05) is 14.2 Å². The van der Waals surface area contributed by atoms with Gasteiger partial charge in [0.2, 0.25) is 0 Å². The van der Waals surface area contributed by atoms with E-state index in [1.807, 2.05) is 0 Å². The predicted octanol–water partition coefficient (Wildman–Crippen LogP) is 3.33. The van der Waals surface area contributed by atoms with Crippen LogP contribution in [0.5, 0.6) is 11.5 Å². The number of rotatable bonds is 3. The molecule has 1 saturated carbocycles. The zero-order valence-corrected chi connectivity index (χ0v) is 12.1. The molecular formula is C13H17BrFNO2. The van der Waals surface area contributed by atoms with Crippen LogP contribution in [-0.2, 0) is 5.54 Å². The van der Waals surface area contributed by atoms with Crippen molar-refractivity contribution >= 4 is 15.9 Å². The highest BCUT2D eigenvalue weighted by Gasteiger charge is 2.36. The van der Waals surface area contributed by atoms with Gasteiger partial charge in [0.1, 0.15) is 5.82 Å². The Morgan fingerprint density at radius 1 is 1.28 bits per heavy atom. The molecule has 3 nitrogen and oxygen atoms in total. The normalized spacial score (nSPS) is 17.8. The van der Waals surface area contributed by atoms with E-state index in [-0.39, 0.29) is 10.3 Å². The first-order chi connectivity index (χ1) is 8.53. The molecule has 1 aromatic rings. The van der Waals surface area contributed by atoms with Crippen LogP contribution in [0, 0.1) is 5.82 Å². The van der Waals surface area contributed by atoms with Crippen molar-refractivity contribution < 1.29 is 13.9 Å². The number of benzene rings is 1. The standard InChI is InChI=1S/C13H17BrFNO2/c1-17-9-7-8(13(16)5-3-4-6-13)11(15)10(14)12(9)18-2/h7H,3-6,16H2,1-2H3. The van der Waals surface area contributed by atoms with E-state index in [4.69, 9.17) is 15.2 Å². The van der Waals surface area contributed by atoms with Crippen molar-refractivity contribution in [1.29, 1.82) is 0 Å². The van der Waals surface area contributed by atoms with Gasteiger partial charge in [-0.25, -0.2) is 4.39 Å². The Bertz CT molecular complexity index is 459. The third kappa shape index (κ3) is 2.10. The largest absolute Gasteiger partial charge is 0.493 e. The first-order valence-electron chi connectivity index (χ1n) is 5.93. The molecule has 100 valence electrons. The minimum Gasteiger partial charge on any atom is -0.493 e. The summed E-state index contributed by atoms with van der Waals surface area (Å²) in [4.78, 5) is 0. The summed E-state index contributed by atoms with van der Waals surface area (Å²) in [5.41, 5.74) is 6.22. The summed E-state index contributed by atoms with van der Waals surface area (Å²) in [5, 5.41) is 0. The fourth-order valence-corrected chi connectivity index (χ4v) is 3.14. The van der Waals surface area contributed by atoms with Crippen LogP contribution in [-0.4, -0.2) is 14.2 Å². The molecule has 0 unspecified atom stereocenters. The molecule has 0 heterocycles. The molecule has 1 aliphatic rings. The summed E-state index contributed by atoms with van der Waals surface area (Å²) >= 11 is 3.22. The lowest BCUT2D eigenvalue weighted by Gasteiger charge is -2.26. The molecule has 0 radical (unpaired) electrons. The summed E-state index contributed by atoms with van der Waals surface area (Å²) in [6.07, 6.45) is 3.65. The predicted molar refractivity (Wildman–Crippen MR) is 71.5 cm³/mol. The molecule has 0 atom stereocenters. The maximum absolute atomic E-state index is 14.4. The number of methoxy groups -OCH3 is 2. The third-order valence-electron chi connectivity index (χ3n) is 3.58. The molecule has 0 aliphatic heterocycles. The molecular weight excluding hydrogens is 301 g/mol. The van der Waals surface area contributed by atoms with Crippen molar-refractivity contribution in [3.05, 3.63) is 21.9 Å². The second-order valence-electron chi connectivity index (χ2n) is 4.65. The van der Waals surface area contributed by atoms with E-state index >= 15 is 0 Å². The minimum atomic E-state index is -0.591. The van der Waals surface area contributed by atoms with Gasteiger partial charge in [-0.15, -0.1) is 0 Å². The topological polar surface area (TPSA) is 44.5 Å². The van der Waals surface area contributed by atoms with Crippen LogP contribution in [0.1, 0.15) is 31.2 Å². The van der Waals surface area contributed by atoms with E-state index in [1.54, 1.807) is 6.07 Å². The minimum absolute atomic E-state index is 0.274. The number of halogens is 2. The number of hydrogen-bond donors (Lipinski definition) is 1. The zero-order valence-electron chi connectivity index (χ0n) is 10.6. The smallest absolute Gasteiger partial charge is 0.177 e. The van der Waals surface area contributed by atoms with E-state index in [0.717, 1.165) is 25.7 Å².